The van der Waals surface area contributed by atoms with E-state index in [4.69, 9.17) is 4.74 Å². The van der Waals surface area contributed by atoms with Crippen LogP contribution in [0.4, 0.5) is 10.1 Å². The molecule has 0 radical (unpaired) electrons. The zero-order valence-electron chi connectivity index (χ0n) is 17.1. The van der Waals surface area contributed by atoms with Crippen molar-refractivity contribution in [3.63, 3.8) is 0 Å². The minimum absolute atomic E-state index is 0.0569. The molecule has 1 fully saturated rings. The summed E-state index contributed by atoms with van der Waals surface area (Å²) in [7, 11) is 0. The number of halogens is 1. The molecule has 2 aliphatic rings. The Labute approximate surface area is 178 Å². The molecule has 0 saturated carbocycles. The Balaban J connectivity index is 1.22. The van der Waals surface area contributed by atoms with E-state index < -0.39 is 0 Å². The Kier molecular flexibility index (Phi) is 5.05. The Morgan fingerprint density at radius 1 is 1.06 bits per heavy atom. The molecule has 0 atom stereocenters. The van der Waals surface area contributed by atoms with Crippen molar-refractivity contribution in [1.82, 2.24) is 14.5 Å². The molecule has 0 unspecified atom stereocenters. The Hall–Kier alpha value is -3.42. The molecule has 0 spiro atoms. The maximum absolute atomic E-state index is 14.0. The van der Waals surface area contributed by atoms with E-state index in [1.54, 1.807) is 39.8 Å². The van der Waals surface area contributed by atoms with Crippen LogP contribution in [0, 0.1) is 5.82 Å². The van der Waals surface area contributed by atoms with E-state index in [2.05, 4.69) is 4.98 Å². The number of fused-ring (bicyclic) bond motifs is 2. The van der Waals surface area contributed by atoms with Gasteiger partial charge < -0.3 is 14.5 Å². The average Bonchev–Trinajstić information content (AvgIpc) is 3.27. The first-order valence-corrected chi connectivity index (χ1v) is 10.5. The summed E-state index contributed by atoms with van der Waals surface area (Å²) in [6, 6.07) is 11.8. The summed E-state index contributed by atoms with van der Waals surface area (Å²) in [5, 5.41) is 0.508. The van der Waals surface area contributed by atoms with Crippen molar-refractivity contribution in [3.05, 3.63) is 64.5 Å². The molecule has 2 aliphatic heterocycles. The summed E-state index contributed by atoms with van der Waals surface area (Å²) >= 11 is 0. The standard InChI is InChI=1S/C23H23FN4O3/c24-18-4-1-2-5-20(18)26-10-12-27(13-11-26)22(29)15-31-16-7-8-19-17(14-16)23(30)28-9-3-6-21(28)25-19/h1-2,4-5,7-8,14H,3,6,9-13,15H2. The summed E-state index contributed by atoms with van der Waals surface area (Å²) in [5.41, 5.74) is 1.16. The Bertz CT molecular complexity index is 1200. The molecule has 5 rings (SSSR count). The lowest BCUT2D eigenvalue weighted by atomic mass is 10.2. The molecule has 8 heteroatoms. The molecule has 31 heavy (non-hydrogen) atoms. The van der Waals surface area contributed by atoms with E-state index >= 15 is 0 Å². The van der Waals surface area contributed by atoms with Crippen LogP contribution in [0.1, 0.15) is 12.2 Å². The number of para-hydroxylation sites is 1. The number of piperazine rings is 1. The molecule has 0 bridgehead atoms. The number of hydrogen-bond donors (Lipinski definition) is 0. The normalized spacial score (nSPS) is 15.9. The van der Waals surface area contributed by atoms with Gasteiger partial charge >= 0.3 is 0 Å². The summed E-state index contributed by atoms with van der Waals surface area (Å²) < 4.78 is 21.4. The highest BCUT2D eigenvalue weighted by atomic mass is 19.1. The van der Waals surface area contributed by atoms with E-state index in [9.17, 15) is 14.0 Å². The molecule has 3 aromatic rings. The van der Waals surface area contributed by atoms with Crippen LogP contribution >= 0.6 is 0 Å². The number of rotatable bonds is 4. The molecule has 2 aromatic carbocycles. The van der Waals surface area contributed by atoms with Gasteiger partial charge in [0.15, 0.2) is 6.61 Å². The van der Waals surface area contributed by atoms with E-state index in [0.29, 0.717) is 55.1 Å². The summed E-state index contributed by atoms with van der Waals surface area (Å²) in [4.78, 5) is 33.5. The second kappa shape index (κ2) is 8.02. The van der Waals surface area contributed by atoms with Gasteiger partial charge in [-0.15, -0.1) is 0 Å². The molecule has 1 saturated heterocycles. The highest BCUT2D eigenvalue weighted by molar-refractivity contribution is 5.80. The van der Waals surface area contributed by atoms with Crippen LogP contribution in [0.25, 0.3) is 10.9 Å². The Morgan fingerprint density at radius 3 is 2.68 bits per heavy atom. The quantitative estimate of drug-likeness (QED) is 0.645. The molecule has 1 aromatic heterocycles. The molecule has 3 heterocycles. The average molecular weight is 422 g/mol. The largest absolute Gasteiger partial charge is 0.484 e. The fourth-order valence-corrected chi connectivity index (χ4v) is 4.29. The second-order valence-corrected chi connectivity index (χ2v) is 7.88. The number of aromatic nitrogens is 2. The first-order chi connectivity index (χ1) is 15.1. The van der Waals surface area contributed by atoms with Gasteiger partial charge in [-0.25, -0.2) is 9.37 Å². The lowest BCUT2D eigenvalue weighted by Gasteiger charge is -2.36. The first-order valence-electron chi connectivity index (χ1n) is 10.5. The minimum Gasteiger partial charge on any atom is -0.484 e. The predicted molar refractivity (Wildman–Crippen MR) is 115 cm³/mol. The van der Waals surface area contributed by atoms with Crippen LogP contribution in [0.5, 0.6) is 5.75 Å². The highest BCUT2D eigenvalue weighted by Gasteiger charge is 2.23. The number of amides is 1. The number of hydrogen-bond acceptors (Lipinski definition) is 5. The van der Waals surface area contributed by atoms with Crippen LogP contribution in [0.15, 0.2) is 47.3 Å². The van der Waals surface area contributed by atoms with Crippen LogP contribution in [-0.2, 0) is 17.8 Å². The lowest BCUT2D eigenvalue weighted by Crippen LogP contribution is -2.50. The smallest absolute Gasteiger partial charge is 0.261 e. The van der Waals surface area contributed by atoms with Gasteiger partial charge in [-0.2, -0.15) is 0 Å². The summed E-state index contributed by atoms with van der Waals surface area (Å²) in [6.07, 6.45) is 1.75. The van der Waals surface area contributed by atoms with Crippen molar-refractivity contribution >= 4 is 22.5 Å². The van der Waals surface area contributed by atoms with Crippen LogP contribution < -0.4 is 15.2 Å². The topological polar surface area (TPSA) is 67.7 Å². The first kappa shape index (κ1) is 19.5. The van der Waals surface area contributed by atoms with Crippen molar-refractivity contribution in [2.24, 2.45) is 0 Å². The van der Waals surface area contributed by atoms with E-state index in [1.165, 1.54) is 6.07 Å². The lowest BCUT2D eigenvalue weighted by molar-refractivity contribution is -0.133. The van der Waals surface area contributed by atoms with Crippen LogP contribution in [0.3, 0.4) is 0 Å². The summed E-state index contributed by atoms with van der Waals surface area (Å²) in [5.74, 6) is 0.925. The number of carbonyl (C=O) groups excluding carboxylic acids is 1. The van der Waals surface area contributed by atoms with E-state index in [0.717, 1.165) is 18.7 Å². The zero-order chi connectivity index (χ0) is 21.4. The van der Waals surface area contributed by atoms with Gasteiger partial charge in [-0.05, 0) is 36.8 Å². The SMILES string of the molecule is O=C(COc1ccc2nc3n(c(=O)c2c1)CCC3)N1CCN(c2ccccc2F)CC1. The third-order valence-electron chi connectivity index (χ3n) is 5.97. The molecule has 0 N–H and O–H groups in total. The van der Waals surface area contributed by atoms with Gasteiger partial charge in [0.2, 0.25) is 0 Å². The van der Waals surface area contributed by atoms with Crippen molar-refractivity contribution in [3.8, 4) is 5.75 Å². The molecule has 0 aliphatic carbocycles. The van der Waals surface area contributed by atoms with E-state index in [1.807, 2.05) is 11.0 Å². The van der Waals surface area contributed by atoms with Gasteiger partial charge in [0.1, 0.15) is 17.4 Å². The number of carbonyl (C=O) groups is 1. The number of benzene rings is 2. The van der Waals surface area contributed by atoms with Crippen LogP contribution in [0.2, 0.25) is 0 Å². The number of nitrogens with zero attached hydrogens (tertiary/aromatic N) is 4. The fraction of sp³-hybridized carbons (Fsp3) is 0.348. The molecule has 7 nitrogen and oxygen atoms in total. The van der Waals surface area contributed by atoms with Gasteiger partial charge in [0.05, 0.1) is 16.6 Å². The Morgan fingerprint density at radius 2 is 1.87 bits per heavy atom. The van der Waals surface area contributed by atoms with E-state index in [-0.39, 0.29) is 23.9 Å². The fourth-order valence-electron chi connectivity index (χ4n) is 4.29. The number of ether oxygens (including phenoxy) is 1. The molecular formula is C23H23FN4O3. The van der Waals surface area contributed by atoms with Crippen molar-refractivity contribution in [2.75, 3.05) is 37.7 Å². The maximum atomic E-state index is 14.0. The predicted octanol–water partition coefficient (Wildman–Crippen LogP) is 2.21. The third-order valence-corrected chi connectivity index (χ3v) is 5.97. The number of anilines is 1. The van der Waals surface area contributed by atoms with Crippen molar-refractivity contribution in [2.45, 2.75) is 19.4 Å². The van der Waals surface area contributed by atoms with Gasteiger partial charge in [-0.3, -0.25) is 14.2 Å². The number of aryl methyl sites for hydroxylation is 1. The van der Waals surface area contributed by atoms with Crippen molar-refractivity contribution < 1.29 is 13.9 Å². The molecule has 1 amide bonds. The molecular weight excluding hydrogens is 399 g/mol. The van der Waals surface area contributed by atoms with Crippen LogP contribution in [-0.4, -0.2) is 53.1 Å². The third kappa shape index (κ3) is 3.73. The van der Waals surface area contributed by atoms with Gasteiger partial charge in [0.25, 0.3) is 11.5 Å². The molecule has 160 valence electrons. The minimum atomic E-state index is -0.252. The zero-order valence-corrected chi connectivity index (χ0v) is 17.1. The van der Waals surface area contributed by atoms with Crippen molar-refractivity contribution in [1.29, 1.82) is 0 Å². The summed E-state index contributed by atoms with van der Waals surface area (Å²) in [6.45, 7) is 2.73. The monoisotopic (exact) mass is 422 g/mol. The second-order valence-electron chi connectivity index (χ2n) is 7.88. The van der Waals surface area contributed by atoms with Gasteiger partial charge in [0, 0.05) is 39.1 Å². The highest BCUT2D eigenvalue weighted by Crippen LogP contribution is 2.21. The maximum Gasteiger partial charge on any atom is 0.261 e. The van der Waals surface area contributed by atoms with Gasteiger partial charge in [-0.1, -0.05) is 12.1 Å².